The van der Waals surface area contributed by atoms with Gasteiger partial charge in [-0.3, -0.25) is 0 Å². The van der Waals surface area contributed by atoms with Crippen molar-refractivity contribution in [2.75, 3.05) is 0 Å². The number of hydrogen-bond acceptors (Lipinski definition) is 2. The van der Waals surface area contributed by atoms with Crippen LogP contribution in [0.15, 0.2) is 24.3 Å². The summed E-state index contributed by atoms with van der Waals surface area (Å²) in [7, 11) is -15.7. The fraction of sp³-hybridized carbons (Fsp3) is 0.733. The highest BCUT2D eigenvalue weighted by Gasteiger charge is 2.69. The Labute approximate surface area is 357 Å². The van der Waals surface area contributed by atoms with Crippen molar-refractivity contribution in [3.63, 3.8) is 0 Å². The molecule has 0 saturated carbocycles. The molecule has 0 aromatic heterocycles. The Kier molecular flexibility index (Phi) is 14.0. The van der Waals surface area contributed by atoms with Gasteiger partial charge in [0.25, 0.3) is 0 Å². The van der Waals surface area contributed by atoms with Crippen LogP contribution in [0.1, 0.15) is 76.6 Å². The van der Waals surface area contributed by atoms with Crippen LogP contribution in [0.25, 0.3) is 0 Å². The minimum Gasteiger partial charge on any atom is -0.406 e. The van der Waals surface area contributed by atoms with Crippen LogP contribution < -0.4 is 10.4 Å². The molecule has 1 heterocycles. The van der Waals surface area contributed by atoms with Crippen molar-refractivity contribution < 1.29 is 9.31 Å². The lowest BCUT2D eigenvalue weighted by Gasteiger charge is -2.52. The largest absolute Gasteiger partial charge is 0.442 e. The van der Waals surface area contributed by atoms with E-state index in [0.29, 0.717) is 15.5 Å². The maximum atomic E-state index is 7.74. The lowest BCUT2D eigenvalue weighted by Crippen LogP contribution is -2.84. The molecule has 0 aliphatic carbocycles. The van der Waals surface area contributed by atoms with E-state index >= 15 is 0 Å². The van der Waals surface area contributed by atoms with E-state index in [2.05, 4.69) is 210 Å². The third kappa shape index (κ3) is 9.62. The second kappa shape index (κ2) is 15.5. The third-order valence-corrected chi connectivity index (χ3v) is 57.1. The molecule has 3 rings (SSSR count). The van der Waals surface area contributed by atoms with E-state index in [-0.39, 0.29) is 6.71 Å². The van der Waals surface area contributed by atoms with E-state index in [9.17, 15) is 0 Å². The Morgan fingerprint density at radius 2 is 0.714 bits per heavy atom. The molecule has 2 aromatic carbocycles. The van der Waals surface area contributed by atoms with E-state index in [1.54, 1.807) is 21.9 Å². The molecule has 2 aromatic rings. The van der Waals surface area contributed by atoms with E-state index in [1.807, 2.05) is 5.19 Å². The molecule has 0 bridgehead atoms. The van der Waals surface area contributed by atoms with E-state index in [0.717, 1.165) is 0 Å². The third-order valence-electron chi connectivity index (χ3n) is 13.6. The van der Waals surface area contributed by atoms with Crippen molar-refractivity contribution in [3.05, 3.63) is 57.6 Å². The van der Waals surface area contributed by atoms with Crippen LogP contribution in [-0.2, 0) is 9.31 Å². The zero-order valence-corrected chi connectivity index (χ0v) is 50.4. The summed E-state index contributed by atoms with van der Waals surface area (Å²) in [6.07, 6.45) is 0. The summed E-state index contributed by atoms with van der Waals surface area (Å²) in [4.78, 5) is 0. The molecule has 0 unspecified atom stereocenters. The summed E-state index contributed by atoms with van der Waals surface area (Å²) in [5, 5.41) is 5.33. The summed E-state index contributed by atoms with van der Waals surface area (Å²) in [5.41, 5.74) is 8.72. The van der Waals surface area contributed by atoms with Gasteiger partial charge in [-0.15, -0.1) is 0 Å². The lowest BCUT2D eigenvalue weighted by atomic mass is 9.90. The Hall–Kier alpha value is 0.160. The van der Waals surface area contributed by atoms with Crippen molar-refractivity contribution in [1.29, 1.82) is 0 Å². The van der Waals surface area contributed by atoms with Crippen LogP contribution in [0.3, 0.4) is 0 Å². The van der Waals surface area contributed by atoms with Crippen LogP contribution >= 0.6 is 0 Å². The van der Waals surface area contributed by atoms with Gasteiger partial charge in [0.15, 0.2) is 7.46 Å². The molecular weight excluding hydrogens is 808 g/mol. The molecule has 2 nitrogen and oxygen atoms in total. The van der Waals surface area contributed by atoms with Crippen molar-refractivity contribution >= 4 is 80.6 Å². The van der Waals surface area contributed by atoms with E-state index in [1.165, 1.54) is 16.7 Å². The predicted molar refractivity (Wildman–Crippen MR) is 280 cm³/mol. The lowest BCUT2D eigenvalue weighted by molar-refractivity contribution is 0.00578. The van der Waals surface area contributed by atoms with Gasteiger partial charge >= 0.3 is 6.71 Å². The van der Waals surface area contributed by atoms with Gasteiger partial charge in [0.2, 0.25) is 0 Å². The highest BCUT2D eigenvalue weighted by molar-refractivity contribution is 7.71. The number of rotatable bonds is 13. The summed E-state index contributed by atoms with van der Waals surface area (Å²) >= 11 is 0. The van der Waals surface area contributed by atoms with Crippen molar-refractivity contribution in [2.45, 2.75) is 213 Å². The van der Waals surface area contributed by atoms with Crippen molar-refractivity contribution in [3.8, 4) is 0 Å². The average molecular weight is 900 g/mol. The smallest absolute Gasteiger partial charge is 0.406 e. The Balaban J connectivity index is 3.12. The van der Waals surface area contributed by atoms with E-state index < -0.39 is 74.7 Å². The van der Waals surface area contributed by atoms with Crippen molar-refractivity contribution in [2.24, 2.45) is 0 Å². The Morgan fingerprint density at radius 1 is 0.429 bits per heavy atom. The summed E-state index contributed by atoms with van der Waals surface area (Å²) in [6, 6.07) is 10.9. The van der Waals surface area contributed by atoms with Gasteiger partial charge in [0.1, 0.15) is 0 Å². The number of aryl methyl sites for hydroxylation is 3. The monoisotopic (exact) mass is 899 g/mol. The Bertz CT molecular complexity index is 1620. The SMILES string of the molecule is Cc1cc(C)c([Si@@](B2OC(C)(C)C(C)(C)O2)(c2c(C([Si](C)(C)C)[Si](C)(C)C)cc(C([Si](C)(C)C)[Si](C)(C)C)cc2C([Si](C)(C)C)[Si](C)(C)C)[Si](C)(C)C)c(C)c1. The molecule has 1 aliphatic heterocycles. The molecular formula is C45H91BO2Si8. The zero-order valence-electron chi connectivity index (χ0n) is 42.4. The zero-order chi connectivity index (χ0) is 44.2. The number of benzene rings is 2. The second-order valence-electron chi connectivity index (χ2n) is 27.0. The maximum absolute atomic E-state index is 7.74. The summed E-state index contributed by atoms with van der Waals surface area (Å²) in [5.74, 6) is 0. The van der Waals surface area contributed by atoms with Gasteiger partial charge in [0, 0.05) is 56.0 Å². The molecule has 318 valence electrons. The molecule has 0 amide bonds. The molecule has 1 saturated heterocycles. The quantitative estimate of drug-likeness (QED) is 0.187. The fourth-order valence-corrected chi connectivity index (χ4v) is 67.2. The maximum Gasteiger partial charge on any atom is 0.442 e. The average Bonchev–Trinajstić information content (AvgIpc) is 3.07. The van der Waals surface area contributed by atoms with Gasteiger partial charge < -0.3 is 9.31 Å². The van der Waals surface area contributed by atoms with Gasteiger partial charge in [-0.1, -0.05) is 200 Å². The normalized spacial score (nSPS) is 18.7. The first-order chi connectivity index (χ1) is 24.5. The van der Waals surface area contributed by atoms with Crippen LogP contribution in [0.5, 0.6) is 0 Å². The molecule has 0 spiro atoms. The molecule has 56 heavy (non-hydrogen) atoms. The highest BCUT2D eigenvalue weighted by Crippen LogP contribution is 2.48. The van der Waals surface area contributed by atoms with Gasteiger partial charge in [0.05, 0.1) is 11.2 Å². The van der Waals surface area contributed by atoms with Gasteiger partial charge in [-0.2, -0.15) is 0 Å². The van der Waals surface area contributed by atoms with E-state index in [4.69, 9.17) is 9.31 Å². The predicted octanol–water partition coefficient (Wildman–Crippen LogP) is 13.3. The summed E-state index contributed by atoms with van der Waals surface area (Å²) < 4.78 is 15.5. The molecule has 11 heteroatoms. The minimum atomic E-state index is -2.98. The van der Waals surface area contributed by atoms with Gasteiger partial charge in [-0.05, 0) is 69.5 Å². The minimum absolute atomic E-state index is 0.264. The summed E-state index contributed by atoms with van der Waals surface area (Å²) in [6.45, 7) is 73.0. The molecule has 1 fully saturated rings. The molecule has 1 atom stereocenters. The Morgan fingerprint density at radius 3 is 0.964 bits per heavy atom. The van der Waals surface area contributed by atoms with Crippen LogP contribution in [-0.4, -0.2) is 81.4 Å². The first-order valence-electron chi connectivity index (χ1n) is 22.1. The molecule has 0 radical (unpaired) electrons. The second-order valence-corrected chi connectivity index (χ2v) is 75.0. The van der Waals surface area contributed by atoms with Gasteiger partial charge in [-0.25, -0.2) is 0 Å². The van der Waals surface area contributed by atoms with Crippen LogP contribution in [0.4, 0.5) is 0 Å². The fourth-order valence-electron chi connectivity index (χ4n) is 12.8. The first kappa shape index (κ1) is 50.5. The standard InChI is InChI=1S/C45H91BO2Si8/c1-33-29-34(2)39(35(3)30-33)56(55(26,27)28,46-47-44(4,5)45(6,7)48-46)40-37(42(51(14,15)16)52(17,18)19)31-36(41(49(8,9)10)50(11,12)13)32-38(40)43(53(20,21)22)54(23,24)25/h29-32,41-43H,1-28H3/t56-/m0/s1. The molecule has 1 aliphatic rings. The first-order valence-corrected chi connectivity index (χ1v) is 50.1. The topological polar surface area (TPSA) is 18.5 Å². The number of hydrogen-bond donors (Lipinski definition) is 0. The van der Waals surface area contributed by atoms with Crippen molar-refractivity contribution in [1.82, 2.24) is 0 Å². The molecule has 0 N–H and O–H groups in total. The van der Waals surface area contributed by atoms with Crippen LogP contribution in [0.2, 0.25) is 137 Å². The van der Waals surface area contributed by atoms with Crippen LogP contribution in [0, 0.1) is 20.8 Å². The highest BCUT2D eigenvalue weighted by atomic mass is 29.3.